The highest BCUT2D eigenvalue weighted by Gasteiger charge is 2.43. The van der Waals surface area contributed by atoms with Crippen molar-refractivity contribution < 1.29 is 19.1 Å². The summed E-state index contributed by atoms with van der Waals surface area (Å²) in [7, 11) is 0. The van der Waals surface area contributed by atoms with Crippen LogP contribution in [0.5, 0.6) is 0 Å². The Bertz CT molecular complexity index is 1430. The number of alkyl carbamates (subject to hydrolysis) is 1. The van der Waals surface area contributed by atoms with E-state index in [1.165, 1.54) is 0 Å². The molecular weight excluding hydrogens is 538 g/mol. The van der Waals surface area contributed by atoms with E-state index in [2.05, 4.69) is 15.6 Å². The summed E-state index contributed by atoms with van der Waals surface area (Å²) in [5, 5.41) is 6.94. The maximum absolute atomic E-state index is 13.8. The molecule has 10 heteroatoms. The molecule has 0 saturated carbocycles. The summed E-state index contributed by atoms with van der Waals surface area (Å²) >= 11 is 5.71. The molecule has 5 rings (SSSR count). The second kappa shape index (κ2) is 11.9. The zero-order chi connectivity index (χ0) is 29.1. The van der Waals surface area contributed by atoms with Crippen LogP contribution in [0.25, 0.3) is 10.9 Å². The minimum Gasteiger partial charge on any atom is -0.444 e. The average Bonchev–Trinajstić information content (AvgIpc) is 3.33. The molecular formula is C31H37N5O4S. The number of thiocarbonyl (C=S) groups is 1. The lowest BCUT2D eigenvalue weighted by atomic mass is 9.91. The monoisotopic (exact) mass is 575 g/mol. The predicted octanol–water partition coefficient (Wildman–Crippen LogP) is 4.91. The van der Waals surface area contributed by atoms with Gasteiger partial charge in [-0.15, -0.1) is 0 Å². The number of urea groups is 1. The van der Waals surface area contributed by atoms with Gasteiger partial charge in [0, 0.05) is 42.5 Å². The van der Waals surface area contributed by atoms with Crippen LogP contribution in [-0.4, -0.2) is 68.1 Å². The molecule has 3 atom stereocenters. The van der Waals surface area contributed by atoms with Crippen LogP contribution in [0.4, 0.5) is 9.59 Å². The molecule has 2 aliphatic heterocycles. The summed E-state index contributed by atoms with van der Waals surface area (Å²) in [6.45, 7) is 6.37. The number of benzene rings is 2. The second-order valence-corrected chi connectivity index (χ2v) is 12.2. The van der Waals surface area contributed by atoms with Crippen molar-refractivity contribution in [3.63, 3.8) is 0 Å². The summed E-state index contributed by atoms with van der Waals surface area (Å²) in [5.41, 5.74) is 2.17. The zero-order valence-corrected chi connectivity index (χ0v) is 24.5. The van der Waals surface area contributed by atoms with Gasteiger partial charge in [-0.05, 0) is 50.8 Å². The molecule has 1 aromatic heterocycles. The smallest absolute Gasteiger partial charge is 0.408 e. The van der Waals surface area contributed by atoms with Crippen LogP contribution in [-0.2, 0) is 22.5 Å². The number of hydrogen-bond acceptors (Lipinski definition) is 5. The van der Waals surface area contributed by atoms with Gasteiger partial charge in [0.15, 0.2) is 0 Å². The summed E-state index contributed by atoms with van der Waals surface area (Å²) in [5.74, 6) is -0.321. The summed E-state index contributed by atoms with van der Waals surface area (Å²) in [6.07, 6.45) is 3.45. The Labute approximate surface area is 245 Å². The number of para-hydroxylation sites is 1. The fourth-order valence-corrected chi connectivity index (χ4v) is 5.96. The fourth-order valence-electron chi connectivity index (χ4n) is 5.65. The highest BCUT2D eigenvalue weighted by molar-refractivity contribution is 7.80. The maximum Gasteiger partial charge on any atom is 0.408 e. The van der Waals surface area contributed by atoms with Gasteiger partial charge in [0.1, 0.15) is 11.6 Å². The van der Waals surface area contributed by atoms with Crippen LogP contribution in [0.15, 0.2) is 60.8 Å². The Morgan fingerprint density at radius 1 is 1.12 bits per heavy atom. The van der Waals surface area contributed by atoms with E-state index in [0.29, 0.717) is 30.9 Å². The molecule has 3 unspecified atom stereocenters. The number of ether oxygens (including phenoxy) is 1. The van der Waals surface area contributed by atoms with Crippen LogP contribution in [0, 0.1) is 0 Å². The van der Waals surface area contributed by atoms with Gasteiger partial charge in [0.25, 0.3) is 0 Å². The van der Waals surface area contributed by atoms with Gasteiger partial charge in [-0.1, -0.05) is 60.7 Å². The summed E-state index contributed by atoms with van der Waals surface area (Å²) < 4.78 is 5.48. The summed E-state index contributed by atoms with van der Waals surface area (Å²) in [6, 6.07) is 16.1. The molecule has 2 aromatic carbocycles. The van der Waals surface area contributed by atoms with Gasteiger partial charge in [-0.25, -0.2) is 9.59 Å². The first-order chi connectivity index (χ1) is 19.6. The van der Waals surface area contributed by atoms with Crippen molar-refractivity contribution >= 4 is 46.1 Å². The van der Waals surface area contributed by atoms with E-state index in [0.717, 1.165) is 28.5 Å². The van der Waals surface area contributed by atoms with E-state index in [1.807, 2.05) is 65.7 Å². The molecule has 0 spiro atoms. The first kappa shape index (κ1) is 28.6. The molecule has 2 aliphatic rings. The van der Waals surface area contributed by atoms with Crippen LogP contribution in [0.3, 0.4) is 0 Å². The fraction of sp³-hybridized carbons (Fsp3) is 0.419. The minimum atomic E-state index is -0.875. The lowest BCUT2D eigenvalue weighted by Crippen LogP contribution is -2.65. The van der Waals surface area contributed by atoms with Gasteiger partial charge >= 0.3 is 12.1 Å². The van der Waals surface area contributed by atoms with Crippen molar-refractivity contribution in [1.29, 1.82) is 0 Å². The standard InChI is InChI=1S/C31H37N5O4S/c1-31(2,3)40-29(38)34-25(16-21-18-32-23-13-8-7-12-22(21)23)28(37)33-24-14-9-15-35-26(24)17-27(41)36(30(35)39)19-20-10-5-4-6-11-20/h4-8,10-13,18,24-26,32H,9,14-17,19H2,1-3H3,(H,33,37)(H,34,38). The molecule has 2 fully saturated rings. The van der Waals surface area contributed by atoms with Crippen molar-refractivity contribution in [2.75, 3.05) is 6.54 Å². The highest BCUT2D eigenvalue weighted by Crippen LogP contribution is 2.29. The Balaban J connectivity index is 1.32. The number of fused-ring (bicyclic) bond motifs is 2. The highest BCUT2D eigenvalue weighted by atomic mass is 32.1. The number of aromatic amines is 1. The normalized spacial score (nSPS) is 20.0. The van der Waals surface area contributed by atoms with E-state index in [4.69, 9.17) is 17.0 Å². The molecule has 216 valence electrons. The van der Waals surface area contributed by atoms with E-state index in [-0.39, 0.29) is 30.4 Å². The third-order valence-electron chi connectivity index (χ3n) is 7.56. The number of nitrogens with one attached hydrogen (secondary N) is 3. The molecule has 2 saturated heterocycles. The van der Waals surface area contributed by atoms with Gasteiger partial charge in [0.05, 0.1) is 17.6 Å². The Morgan fingerprint density at radius 2 is 1.85 bits per heavy atom. The van der Waals surface area contributed by atoms with Crippen molar-refractivity contribution in [2.24, 2.45) is 0 Å². The van der Waals surface area contributed by atoms with Crippen molar-refractivity contribution in [2.45, 2.75) is 76.7 Å². The molecule has 3 heterocycles. The number of carbonyl (C=O) groups is 3. The van der Waals surface area contributed by atoms with Gasteiger partial charge in [-0.3, -0.25) is 9.69 Å². The predicted molar refractivity (Wildman–Crippen MR) is 161 cm³/mol. The van der Waals surface area contributed by atoms with Gasteiger partial charge < -0.3 is 25.3 Å². The molecule has 4 amide bonds. The Morgan fingerprint density at radius 3 is 2.61 bits per heavy atom. The maximum atomic E-state index is 13.8. The molecule has 9 nitrogen and oxygen atoms in total. The number of carbonyl (C=O) groups excluding carboxylic acids is 3. The third kappa shape index (κ3) is 6.70. The van der Waals surface area contributed by atoms with Crippen LogP contribution in [0.1, 0.15) is 51.2 Å². The quantitative estimate of drug-likeness (QED) is 0.347. The third-order valence-corrected chi connectivity index (χ3v) is 7.94. The van der Waals surface area contributed by atoms with Crippen LogP contribution < -0.4 is 10.6 Å². The zero-order valence-electron chi connectivity index (χ0n) is 23.7. The molecule has 0 radical (unpaired) electrons. The van der Waals surface area contributed by atoms with Crippen molar-refractivity contribution in [3.05, 3.63) is 71.9 Å². The Hall–Kier alpha value is -3.92. The average molecular weight is 576 g/mol. The summed E-state index contributed by atoms with van der Waals surface area (Å²) in [4.78, 5) is 47.4. The number of piperidine rings is 1. The topological polar surface area (TPSA) is 107 Å². The van der Waals surface area contributed by atoms with E-state index >= 15 is 0 Å². The molecule has 3 N–H and O–H groups in total. The number of amides is 4. The second-order valence-electron chi connectivity index (χ2n) is 11.7. The Kier molecular flexibility index (Phi) is 8.30. The van der Waals surface area contributed by atoms with E-state index in [9.17, 15) is 14.4 Å². The first-order valence-electron chi connectivity index (χ1n) is 14.1. The number of H-pyrrole nitrogens is 1. The number of hydrogen-bond donors (Lipinski definition) is 3. The first-order valence-corrected chi connectivity index (χ1v) is 14.5. The largest absolute Gasteiger partial charge is 0.444 e. The molecule has 0 bridgehead atoms. The lowest BCUT2D eigenvalue weighted by Gasteiger charge is -2.48. The molecule has 0 aliphatic carbocycles. The number of rotatable bonds is 7. The lowest BCUT2D eigenvalue weighted by molar-refractivity contribution is -0.124. The van der Waals surface area contributed by atoms with Crippen LogP contribution in [0.2, 0.25) is 0 Å². The van der Waals surface area contributed by atoms with Gasteiger partial charge in [-0.2, -0.15) is 0 Å². The molecule has 41 heavy (non-hydrogen) atoms. The van der Waals surface area contributed by atoms with Crippen LogP contribution >= 0.6 is 12.2 Å². The molecule has 3 aromatic rings. The SMILES string of the molecule is CC(C)(C)OC(=O)NC(Cc1c[nH]c2ccccc12)C(=O)NC1CCCN2C(=O)N(Cc3ccccc3)C(=S)CC12. The van der Waals surface area contributed by atoms with Crippen molar-refractivity contribution in [3.8, 4) is 0 Å². The number of aromatic nitrogens is 1. The van der Waals surface area contributed by atoms with E-state index < -0.39 is 17.7 Å². The van der Waals surface area contributed by atoms with Gasteiger partial charge in [0.2, 0.25) is 5.91 Å². The minimum absolute atomic E-state index is 0.128. The van der Waals surface area contributed by atoms with E-state index in [1.54, 1.807) is 25.7 Å². The van der Waals surface area contributed by atoms with Crippen molar-refractivity contribution in [1.82, 2.24) is 25.4 Å². The number of nitrogens with zero attached hydrogens (tertiary/aromatic N) is 2.